The maximum atomic E-state index is 8.34. The van der Waals surface area contributed by atoms with E-state index < -0.39 is 0 Å². The molecule has 0 atom stereocenters. The van der Waals surface area contributed by atoms with Crippen LogP contribution in [0.1, 0.15) is 13.8 Å². The van der Waals surface area contributed by atoms with Crippen molar-refractivity contribution in [3.8, 4) is 6.07 Å². The molecule has 1 aromatic rings. The Morgan fingerprint density at radius 2 is 1.90 bits per heavy atom. The van der Waals surface area contributed by atoms with Gasteiger partial charge in [-0.05, 0) is 30.5 Å². The number of nitriles is 1. The Hall–Kier alpha value is -1.22. The van der Waals surface area contributed by atoms with Gasteiger partial charge in [0.25, 0.3) is 0 Å². The van der Waals surface area contributed by atoms with Gasteiger partial charge in [-0.2, -0.15) is 5.26 Å². The van der Waals surface area contributed by atoms with Crippen LogP contribution in [0.25, 0.3) is 0 Å². The van der Waals surface area contributed by atoms with Crippen LogP contribution in [0.5, 0.6) is 0 Å². The van der Waals surface area contributed by atoms with Crippen molar-refractivity contribution in [2.75, 3.05) is 18.6 Å². The first-order chi connectivity index (χ1) is 9.58. The van der Waals surface area contributed by atoms with Crippen LogP contribution in [-0.2, 0) is 0 Å². The number of halogens is 1. The number of benzene rings is 1. The van der Waals surface area contributed by atoms with E-state index in [-0.39, 0.29) is 5.57 Å². The molecule has 0 saturated heterocycles. The Labute approximate surface area is 135 Å². The van der Waals surface area contributed by atoms with Crippen LogP contribution in [0, 0.1) is 11.3 Å². The Morgan fingerprint density at radius 3 is 2.15 bits per heavy atom. The predicted octanol–water partition coefficient (Wildman–Crippen LogP) is 5.05. The summed E-state index contributed by atoms with van der Waals surface area (Å²) in [6.45, 7) is 4.00. The van der Waals surface area contributed by atoms with Crippen LogP contribution < -0.4 is 5.32 Å². The van der Waals surface area contributed by atoms with E-state index in [0.717, 1.165) is 17.0 Å². The number of nitrogens with one attached hydrogen (secondary N) is 1. The van der Waals surface area contributed by atoms with Crippen LogP contribution >= 0.6 is 35.6 Å². The molecule has 20 heavy (non-hydrogen) atoms. The van der Waals surface area contributed by atoms with Crippen LogP contribution in [-0.4, -0.2) is 22.6 Å². The lowest BCUT2D eigenvalue weighted by atomic mass is 10.3. The molecule has 0 heterocycles. The minimum atomic E-state index is 0.150. The molecule has 0 aliphatic heterocycles. The molecular weight excluding hydrogens is 312 g/mol. The molecule has 110 valence electrons. The number of anilines is 1. The van der Waals surface area contributed by atoms with Crippen molar-refractivity contribution in [3.05, 3.63) is 41.1 Å². The Bertz CT molecular complexity index is 453. The van der Waals surface area contributed by atoms with Gasteiger partial charge in [0.2, 0.25) is 0 Å². The molecule has 0 fully saturated rings. The molecule has 1 rings (SSSR count). The van der Waals surface area contributed by atoms with E-state index in [4.69, 9.17) is 22.0 Å². The topological polar surface area (TPSA) is 56.0 Å². The number of thiocarbonyl (C=S) groups is 1. The fourth-order valence-electron chi connectivity index (χ4n) is 0.854. The van der Waals surface area contributed by atoms with Gasteiger partial charge in [0.1, 0.15) is 11.6 Å². The molecule has 0 unspecified atom stereocenters. The van der Waals surface area contributed by atoms with E-state index >= 15 is 0 Å². The quantitative estimate of drug-likeness (QED) is 0.344. The largest absolute Gasteiger partial charge is 0.514 e. The first kappa shape index (κ1) is 21.1. The number of aliphatic hydroxyl groups excluding tert-OH is 1. The second kappa shape index (κ2) is 14.2. The molecule has 0 aliphatic rings. The summed E-state index contributed by atoms with van der Waals surface area (Å²) in [6.07, 6.45) is 2.47. The summed E-state index contributed by atoms with van der Waals surface area (Å²) in [5.74, 6) is 0. The monoisotopic (exact) mass is 330 g/mol. The summed E-state index contributed by atoms with van der Waals surface area (Å²) in [5.41, 5.74) is 1.23. The zero-order chi connectivity index (χ0) is 16.0. The van der Waals surface area contributed by atoms with Gasteiger partial charge in [0, 0.05) is 17.8 Å². The minimum absolute atomic E-state index is 0.150. The van der Waals surface area contributed by atoms with Gasteiger partial charge >= 0.3 is 0 Å². The van der Waals surface area contributed by atoms with Crippen molar-refractivity contribution < 1.29 is 5.11 Å². The molecular formula is C14H19ClN2OS2. The smallest absolute Gasteiger partial charge is 0.111 e. The van der Waals surface area contributed by atoms with Gasteiger partial charge in [-0.1, -0.05) is 37.7 Å². The van der Waals surface area contributed by atoms with Crippen molar-refractivity contribution in [1.82, 2.24) is 0 Å². The van der Waals surface area contributed by atoms with Crippen molar-refractivity contribution in [3.63, 3.8) is 0 Å². The second-order valence-corrected chi connectivity index (χ2v) is 4.82. The zero-order valence-corrected chi connectivity index (χ0v) is 14.4. The highest BCUT2D eigenvalue weighted by atomic mass is 35.5. The van der Waals surface area contributed by atoms with Crippen molar-refractivity contribution >= 4 is 45.5 Å². The molecule has 0 radical (unpaired) electrons. The van der Waals surface area contributed by atoms with Crippen molar-refractivity contribution in [2.45, 2.75) is 13.8 Å². The lowest BCUT2D eigenvalue weighted by Gasteiger charge is -1.96. The van der Waals surface area contributed by atoms with E-state index in [2.05, 4.69) is 17.5 Å². The van der Waals surface area contributed by atoms with Gasteiger partial charge < -0.3 is 10.4 Å². The third kappa shape index (κ3) is 9.68. The highest BCUT2D eigenvalue weighted by Crippen LogP contribution is 2.12. The standard InChI is InChI=1S/C7H8ClN.C5H5NOS2.C2H6/c1-9-7-4-2-6(8)3-5-7;1-9-5(8)4(2-6)3-7;1-2/h2-5,9H,1H3;3,7H,1H3;1-2H3/b;4-3+;. The Kier molecular flexibility index (Phi) is 15.0. The summed E-state index contributed by atoms with van der Waals surface area (Å²) in [4.78, 5) is 0. The van der Waals surface area contributed by atoms with E-state index in [9.17, 15) is 0 Å². The van der Waals surface area contributed by atoms with E-state index in [0.29, 0.717) is 4.20 Å². The lowest BCUT2D eigenvalue weighted by Crippen LogP contribution is -1.89. The highest BCUT2D eigenvalue weighted by molar-refractivity contribution is 8.23. The molecule has 0 spiro atoms. The zero-order valence-electron chi connectivity index (χ0n) is 12.0. The van der Waals surface area contributed by atoms with Crippen LogP contribution in [0.2, 0.25) is 5.02 Å². The lowest BCUT2D eigenvalue weighted by molar-refractivity contribution is 0.472. The molecule has 6 heteroatoms. The molecule has 3 nitrogen and oxygen atoms in total. The number of hydrogen-bond donors (Lipinski definition) is 2. The first-order valence-corrected chi connectivity index (χ1v) is 7.86. The number of hydrogen-bond acceptors (Lipinski definition) is 5. The van der Waals surface area contributed by atoms with Crippen molar-refractivity contribution in [2.24, 2.45) is 0 Å². The third-order valence-corrected chi connectivity index (χ3v) is 3.35. The summed E-state index contributed by atoms with van der Waals surface area (Å²) in [6, 6.07) is 9.33. The number of rotatable bonds is 2. The fourth-order valence-corrected chi connectivity index (χ4v) is 1.40. The van der Waals surface area contributed by atoms with Crippen molar-refractivity contribution in [1.29, 1.82) is 5.26 Å². The molecule has 1 aromatic carbocycles. The maximum Gasteiger partial charge on any atom is 0.111 e. The van der Waals surface area contributed by atoms with E-state index in [1.807, 2.05) is 45.2 Å². The first-order valence-electron chi connectivity index (χ1n) is 5.85. The number of aliphatic hydroxyl groups is 1. The summed E-state index contributed by atoms with van der Waals surface area (Å²) >= 11 is 11.6. The molecule has 0 aliphatic carbocycles. The number of nitrogens with zero attached hydrogens (tertiary/aromatic N) is 1. The summed E-state index contributed by atoms with van der Waals surface area (Å²) in [5, 5.41) is 20.4. The average Bonchev–Trinajstić information content (AvgIpc) is 2.51. The minimum Gasteiger partial charge on any atom is -0.514 e. The van der Waals surface area contributed by atoms with Gasteiger partial charge in [-0.25, -0.2) is 0 Å². The molecule has 0 aromatic heterocycles. The highest BCUT2D eigenvalue weighted by Gasteiger charge is 1.99. The SMILES string of the molecule is CC.CNc1ccc(Cl)cc1.CSC(=S)/C(C#N)=C/O. The normalized spacial score (nSPS) is 9.10. The van der Waals surface area contributed by atoms with Crippen LogP contribution in [0.3, 0.4) is 0 Å². The summed E-state index contributed by atoms with van der Waals surface area (Å²) < 4.78 is 0.417. The number of thioether (sulfide) groups is 1. The predicted molar refractivity (Wildman–Crippen MR) is 94.8 cm³/mol. The van der Waals surface area contributed by atoms with E-state index in [1.165, 1.54) is 11.8 Å². The Balaban J connectivity index is 0. The van der Waals surface area contributed by atoms with Crippen LogP contribution in [0.4, 0.5) is 5.69 Å². The van der Waals surface area contributed by atoms with Gasteiger partial charge in [0.05, 0.1) is 10.5 Å². The average molecular weight is 331 g/mol. The third-order valence-electron chi connectivity index (χ3n) is 1.79. The summed E-state index contributed by atoms with van der Waals surface area (Å²) in [7, 11) is 1.88. The van der Waals surface area contributed by atoms with E-state index in [1.54, 1.807) is 12.3 Å². The molecule has 0 bridgehead atoms. The van der Waals surface area contributed by atoms with Gasteiger partial charge in [-0.15, -0.1) is 11.8 Å². The van der Waals surface area contributed by atoms with Gasteiger partial charge in [0.15, 0.2) is 0 Å². The Morgan fingerprint density at radius 1 is 1.40 bits per heavy atom. The molecule has 0 amide bonds. The second-order valence-electron chi connectivity index (χ2n) is 2.90. The fraction of sp³-hybridized carbons (Fsp3) is 0.286. The molecule has 2 N–H and O–H groups in total. The maximum absolute atomic E-state index is 8.34. The molecule has 0 saturated carbocycles. The van der Waals surface area contributed by atoms with Gasteiger partial charge in [-0.3, -0.25) is 0 Å². The van der Waals surface area contributed by atoms with Crippen LogP contribution in [0.15, 0.2) is 36.1 Å².